The number of ether oxygens (including phenoxy) is 2. The molecule has 0 unspecified atom stereocenters. The third-order valence-corrected chi connectivity index (χ3v) is 3.29. The number of aromatic carboxylic acids is 1. The summed E-state index contributed by atoms with van der Waals surface area (Å²) in [5.74, 6) is -1.93. The van der Waals surface area contributed by atoms with Crippen LogP contribution in [-0.2, 0) is 20.5 Å². The molecule has 0 heterocycles. The van der Waals surface area contributed by atoms with E-state index >= 15 is 0 Å². The molecule has 0 aliphatic heterocycles. The number of methoxy groups -OCH3 is 2. The maximum absolute atomic E-state index is 13.7. The Morgan fingerprint density at radius 2 is 2.06 bits per heavy atom. The molecule has 0 bridgehead atoms. The lowest BCUT2D eigenvalue weighted by Crippen LogP contribution is -2.30. The normalized spacial score (nSPS) is 11.7. The third-order valence-electron chi connectivity index (χ3n) is 2.49. The van der Waals surface area contributed by atoms with Crippen LogP contribution in [0.25, 0.3) is 0 Å². The lowest BCUT2D eigenvalue weighted by Gasteiger charge is -2.23. The lowest BCUT2D eigenvalue weighted by atomic mass is 10.1. The number of carboxylic acid groups (broad SMARTS) is 1. The Morgan fingerprint density at radius 1 is 1.44 bits per heavy atom. The average Bonchev–Trinajstić information content (AvgIpc) is 2.38. The summed E-state index contributed by atoms with van der Waals surface area (Å²) in [6.07, 6.45) is -0.100. The maximum Gasteiger partial charge on any atom is 0.335 e. The smallest absolute Gasteiger partial charge is 0.335 e. The molecule has 0 fully saturated rings. The number of benzene rings is 1. The predicted molar refractivity (Wildman–Crippen MR) is 61.4 cm³/mol. The van der Waals surface area contributed by atoms with E-state index in [2.05, 4.69) is 0 Å². The summed E-state index contributed by atoms with van der Waals surface area (Å²) in [4.78, 5) is 10.7. The van der Waals surface area contributed by atoms with Crippen LogP contribution in [0.2, 0.25) is 0 Å². The van der Waals surface area contributed by atoms with Gasteiger partial charge in [-0.15, -0.1) is 0 Å². The Morgan fingerprint density at radius 3 is 2.44 bits per heavy atom. The van der Waals surface area contributed by atoms with Gasteiger partial charge < -0.3 is 14.6 Å². The molecule has 0 amide bonds. The first-order valence-electron chi connectivity index (χ1n) is 4.94. The van der Waals surface area contributed by atoms with Crippen molar-refractivity contribution in [2.24, 2.45) is 0 Å². The van der Waals surface area contributed by atoms with Gasteiger partial charge >= 0.3 is 5.97 Å². The van der Waals surface area contributed by atoms with Crippen LogP contribution in [-0.4, -0.2) is 30.8 Å². The first-order valence-corrected chi connectivity index (χ1v) is 5.76. The van der Waals surface area contributed by atoms with Gasteiger partial charge in [0.1, 0.15) is 5.82 Å². The number of carbonyl (C=O) groups is 1. The molecular formula is C11H12FO5P. The molecule has 7 heteroatoms. The van der Waals surface area contributed by atoms with Crippen molar-refractivity contribution < 1.29 is 28.3 Å². The fraction of sp³-hybridized carbons (Fsp3) is 0.364. The summed E-state index contributed by atoms with van der Waals surface area (Å²) < 4.78 is 34.6. The second-order valence-electron chi connectivity index (χ2n) is 3.50. The van der Waals surface area contributed by atoms with Crippen LogP contribution in [0.1, 0.15) is 15.9 Å². The first-order chi connectivity index (χ1) is 8.48. The van der Waals surface area contributed by atoms with Crippen molar-refractivity contribution in [3.05, 3.63) is 35.1 Å². The number of carboxylic acids is 1. The average molecular weight is 274 g/mol. The molecule has 0 aromatic heterocycles. The zero-order valence-corrected chi connectivity index (χ0v) is 10.7. The van der Waals surface area contributed by atoms with Crippen molar-refractivity contribution >= 4 is 14.4 Å². The highest BCUT2D eigenvalue weighted by Gasteiger charge is 2.32. The molecule has 1 rings (SSSR count). The molecule has 1 N–H and O–H groups in total. The molecular weight excluding hydrogens is 262 g/mol. The quantitative estimate of drug-likeness (QED) is 0.636. The van der Waals surface area contributed by atoms with Gasteiger partial charge in [0.15, 0.2) is 0 Å². The molecule has 0 saturated heterocycles. The molecule has 0 aliphatic carbocycles. The van der Waals surface area contributed by atoms with Crippen molar-refractivity contribution in [1.82, 2.24) is 0 Å². The van der Waals surface area contributed by atoms with E-state index in [1.165, 1.54) is 26.4 Å². The predicted octanol–water partition coefficient (Wildman–Crippen LogP) is 2.30. The summed E-state index contributed by atoms with van der Waals surface area (Å²) in [6, 6.07) is 3.46. The molecule has 1 aromatic rings. The summed E-state index contributed by atoms with van der Waals surface area (Å²) in [5, 5.41) is 8.70. The Bertz CT molecular complexity index is 459. The summed E-state index contributed by atoms with van der Waals surface area (Å²) in [5.41, 5.74) is -1.46. The summed E-state index contributed by atoms with van der Waals surface area (Å²) in [6.45, 7) is 0. The Kier molecular flexibility index (Phi) is 4.90. The van der Waals surface area contributed by atoms with Crippen molar-refractivity contribution in [1.29, 1.82) is 0 Å². The molecule has 0 radical (unpaired) electrons. The largest absolute Gasteiger partial charge is 0.478 e. The molecule has 0 spiro atoms. The van der Waals surface area contributed by atoms with Crippen molar-refractivity contribution in [3.63, 3.8) is 0 Å². The molecule has 18 heavy (non-hydrogen) atoms. The van der Waals surface area contributed by atoms with E-state index in [1.807, 2.05) is 0 Å². The van der Waals surface area contributed by atoms with Gasteiger partial charge in [-0.05, 0) is 17.7 Å². The third kappa shape index (κ3) is 3.10. The lowest BCUT2D eigenvalue weighted by molar-refractivity contribution is -0.137. The van der Waals surface area contributed by atoms with E-state index < -0.39 is 25.8 Å². The summed E-state index contributed by atoms with van der Waals surface area (Å²) >= 11 is 0. The zero-order valence-electron chi connectivity index (χ0n) is 9.84. The standard InChI is InChI=1S/C11H12FO5P/c1-16-11(17-2,18-15)6-8-4-3-7(10(13)14)5-9(8)12/h3-5H,6H2,1-2H3,(H,13,14). The van der Waals surface area contributed by atoms with Crippen molar-refractivity contribution in [3.8, 4) is 0 Å². The van der Waals surface area contributed by atoms with Crippen LogP contribution in [0.4, 0.5) is 4.39 Å². The first kappa shape index (κ1) is 14.7. The Labute approximate surface area is 105 Å². The number of hydrogen-bond acceptors (Lipinski definition) is 4. The van der Waals surface area contributed by atoms with E-state index in [0.29, 0.717) is 0 Å². The van der Waals surface area contributed by atoms with Crippen molar-refractivity contribution in [2.75, 3.05) is 14.2 Å². The highest BCUT2D eigenvalue weighted by molar-refractivity contribution is 7.25. The van der Waals surface area contributed by atoms with E-state index in [9.17, 15) is 13.8 Å². The molecule has 0 aliphatic rings. The van der Waals surface area contributed by atoms with Gasteiger partial charge in [-0.3, -0.25) is 4.57 Å². The Balaban J connectivity index is 3.04. The highest BCUT2D eigenvalue weighted by atomic mass is 31.1. The molecule has 1 aromatic carbocycles. The number of halogens is 1. The van der Waals surface area contributed by atoms with Gasteiger partial charge in [-0.25, -0.2) is 9.18 Å². The highest BCUT2D eigenvalue weighted by Crippen LogP contribution is 2.30. The molecule has 0 atom stereocenters. The van der Waals surface area contributed by atoms with E-state index in [4.69, 9.17) is 14.6 Å². The van der Waals surface area contributed by atoms with Gasteiger partial charge in [-0.2, -0.15) is 0 Å². The van der Waals surface area contributed by atoms with Crippen LogP contribution in [0.15, 0.2) is 18.2 Å². The van der Waals surface area contributed by atoms with Crippen molar-refractivity contribution in [2.45, 2.75) is 11.9 Å². The summed E-state index contributed by atoms with van der Waals surface area (Å²) in [7, 11) is 2.13. The van der Waals surface area contributed by atoms with Crippen LogP contribution in [0.5, 0.6) is 0 Å². The van der Waals surface area contributed by atoms with Crippen LogP contribution in [0, 0.1) is 5.82 Å². The second kappa shape index (κ2) is 6.00. The van der Waals surface area contributed by atoms with Gasteiger partial charge in [0.05, 0.1) is 5.56 Å². The SMILES string of the molecule is COC(Cc1ccc(C(=O)O)cc1F)(OC)P=O. The van der Waals surface area contributed by atoms with E-state index in [1.54, 1.807) is 0 Å². The van der Waals surface area contributed by atoms with E-state index in [0.717, 1.165) is 6.07 Å². The number of rotatable bonds is 6. The second-order valence-corrected chi connectivity index (χ2v) is 4.36. The van der Waals surface area contributed by atoms with Crippen LogP contribution in [0.3, 0.4) is 0 Å². The van der Waals surface area contributed by atoms with Crippen LogP contribution >= 0.6 is 8.46 Å². The minimum Gasteiger partial charge on any atom is -0.478 e. The van der Waals surface area contributed by atoms with Gasteiger partial charge in [0.2, 0.25) is 8.46 Å². The van der Waals surface area contributed by atoms with E-state index in [-0.39, 0.29) is 17.5 Å². The molecule has 0 saturated carbocycles. The fourth-order valence-electron chi connectivity index (χ4n) is 1.40. The minimum absolute atomic E-state index is 0.100. The molecule has 98 valence electrons. The number of hydrogen-bond donors (Lipinski definition) is 1. The maximum atomic E-state index is 13.7. The molecule has 5 nitrogen and oxygen atoms in total. The van der Waals surface area contributed by atoms with Gasteiger partial charge in [0.25, 0.3) is 5.53 Å². The monoisotopic (exact) mass is 274 g/mol. The Hall–Kier alpha value is -1.36. The van der Waals surface area contributed by atoms with Gasteiger partial charge in [-0.1, -0.05) is 6.07 Å². The van der Waals surface area contributed by atoms with Crippen LogP contribution < -0.4 is 0 Å². The fourth-order valence-corrected chi connectivity index (χ4v) is 1.78. The topological polar surface area (TPSA) is 72.8 Å². The zero-order chi connectivity index (χ0) is 13.8. The van der Waals surface area contributed by atoms with Gasteiger partial charge in [0, 0.05) is 20.6 Å². The minimum atomic E-state index is -1.47.